The first-order chi connectivity index (χ1) is 12.0. The maximum atomic E-state index is 12.8. The number of unbranched alkanes of at least 4 members (excludes halogenated alkanes) is 2. The molecule has 0 radical (unpaired) electrons. The third kappa shape index (κ3) is 6.72. The van der Waals surface area contributed by atoms with Gasteiger partial charge in [-0.2, -0.15) is 0 Å². The van der Waals surface area contributed by atoms with Gasteiger partial charge in [-0.05, 0) is 56.8 Å². The van der Waals surface area contributed by atoms with E-state index in [1.807, 2.05) is 28.9 Å². The number of nitrogens with zero attached hydrogens (tertiary/aromatic N) is 1. The number of nitrogens with one attached hydrogen (secondary N) is 2. The molecule has 0 fully saturated rings. The highest BCUT2D eigenvalue weighted by Crippen LogP contribution is 2.26. The summed E-state index contributed by atoms with van der Waals surface area (Å²) in [5.74, 6) is 0.142. The third-order valence-electron chi connectivity index (χ3n) is 3.81. The second kappa shape index (κ2) is 9.85. The lowest BCUT2D eigenvalue weighted by molar-refractivity contribution is -0.120. The number of carbonyl (C=O) groups excluding carboxylic acids is 2. The lowest BCUT2D eigenvalue weighted by atomic mass is 10.1. The molecule has 1 aromatic carbocycles. The van der Waals surface area contributed by atoms with E-state index < -0.39 is 0 Å². The summed E-state index contributed by atoms with van der Waals surface area (Å²) < 4.78 is 1.88. The molecule has 7 heteroatoms. The number of anilines is 1. The van der Waals surface area contributed by atoms with E-state index in [4.69, 9.17) is 11.6 Å². The number of ketones is 1. The van der Waals surface area contributed by atoms with Crippen molar-refractivity contribution in [1.29, 1.82) is 0 Å². The van der Waals surface area contributed by atoms with Crippen LogP contribution in [0, 0.1) is 0 Å². The minimum absolute atomic E-state index is 0.0723. The van der Waals surface area contributed by atoms with Crippen molar-refractivity contribution in [3.8, 4) is 0 Å². The molecule has 1 aliphatic heterocycles. The maximum absolute atomic E-state index is 12.8. The number of benzene rings is 1. The molecule has 1 heterocycles. The van der Waals surface area contributed by atoms with E-state index in [0.717, 1.165) is 25.0 Å². The third-order valence-corrected chi connectivity index (χ3v) is 5.08. The molecule has 1 aromatic rings. The van der Waals surface area contributed by atoms with E-state index in [0.29, 0.717) is 23.6 Å². The predicted octanol–water partition coefficient (Wildman–Crippen LogP) is 4.52. The van der Waals surface area contributed by atoms with Gasteiger partial charge in [0.2, 0.25) is 5.91 Å². The molecule has 5 nitrogen and oxygen atoms in total. The fourth-order valence-electron chi connectivity index (χ4n) is 2.55. The van der Waals surface area contributed by atoms with Crippen LogP contribution in [0.15, 0.2) is 35.4 Å². The van der Waals surface area contributed by atoms with Crippen molar-refractivity contribution in [2.45, 2.75) is 52.0 Å². The summed E-state index contributed by atoms with van der Waals surface area (Å²) in [6.45, 7) is 3.58. The molecule has 0 bridgehead atoms. The molecule has 1 aliphatic rings. The van der Waals surface area contributed by atoms with Crippen molar-refractivity contribution < 1.29 is 9.59 Å². The molecule has 0 unspecified atom stereocenters. The van der Waals surface area contributed by atoms with Gasteiger partial charge in [0.1, 0.15) is 11.8 Å². The molecule has 0 spiro atoms. The Kier molecular flexibility index (Phi) is 7.81. The number of Topliss-reactive ketones (excluding diaryl/α,β-unsaturated/α-hetero) is 1. The zero-order valence-corrected chi connectivity index (χ0v) is 16.1. The highest BCUT2D eigenvalue weighted by atomic mass is 35.5. The molecule has 1 atom stereocenters. The Morgan fingerprint density at radius 1 is 1.32 bits per heavy atom. The number of hydrogen-bond donors (Lipinski definition) is 2. The highest BCUT2D eigenvalue weighted by molar-refractivity contribution is 8.00. The van der Waals surface area contributed by atoms with E-state index in [9.17, 15) is 9.59 Å². The van der Waals surface area contributed by atoms with Crippen molar-refractivity contribution in [3.05, 3.63) is 40.4 Å². The first-order valence-electron chi connectivity index (χ1n) is 8.41. The zero-order valence-electron chi connectivity index (χ0n) is 14.5. The minimum atomic E-state index is -0.310. The summed E-state index contributed by atoms with van der Waals surface area (Å²) in [6, 6.07) is 6.83. The van der Waals surface area contributed by atoms with Gasteiger partial charge in [0.15, 0.2) is 0 Å². The van der Waals surface area contributed by atoms with Crippen LogP contribution in [0.5, 0.6) is 0 Å². The summed E-state index contributed by atoms with van der Waals surface area (Å²) in [5.41, 5.74) is 4.91. The van der Waals surface area contributed by atoms with Gasteiger partial charge in [0, 0.05) is 28.2 Å². The Labute approximate surface area is 158 Å². The largest absolute Gasteiger partial charge is 0.325 e. The van der Waals surface area contributed by atoms with Gasteiger partial charge in [0.05, 0.1) is 0 Å². The normalized spacial score (nSPS) is 15.4. The monoisotopic (exact) mass is 381 g/mol. The van der Waals surface area contributed by atoms with Gasteiger partial charge in [-0.1, -0.05) is 30.5 Å². The van der Waals surface area contributed by atoms with Gasteiger partial charge in [0.25, 0.3) is 0 Å². The number of hydrogen-bond acceptors (Lipinski definition) is 5. The van der Waals surface area contributed by atoms with Gasteiger partial charge < -0.3 is 15.5 Å². The van der Waals surface area contributed by atoms with Crippen LogP contribution >= 0.6 is 23.5 Å². The first kappa shape index (κ1) is 19.8. The lowest BCUT2D eigenvalue weighted by Crippen LogP contribution is -2.44. The van der Waals surface area contributed by atoms with Crippen LogP contribution in [0.4, 0.5) is 5.69 Å². The molecule has 1 amide bonds. The molecule has 25 heavy (non-hydrogen) atoms. The summed E-state index contributed by atoms with van der Waals surface area (Å²) in [6.07, 6.45) is 4.02. The van der Waals surface area contributed by atoms with Gasteiger partial charge >= 0.3 is 0 Å². The number of amides is 1. The van der Waals surface area contributed by atoms with Crippen LogP contribution in [0.1, 0.15) is 46.0 Å². The van der Waals surface area contributed by atoms with Crippen molar-refractivity contribution in [2.75, 3.05) is 5.32 Å². The summed E-state index contributed by atoms with van der Waals surface area (Å²) >= 11 is 7.47. The summed E-state index contributed by atoms with van der Waals surface area (Å²) in [4.78, 5) is 23.8. The molecule has 0 aromatic heterocycles. The molecule has 2 N–H and O–H groups in total. The van der Waals surface area contributed by atoms with Crippen LogP contribution in [0.25, 0.3) is 0 Å². The van der Waals surface area contributed by atoms with E-state index in [-0.39, 0.29) is 17.7 Å². The fourth-order valence-corrected chi connectivity index (χ4v) is 3.61. The Balaban J connectivity index is 1.93. The van der Waals surface area contributed by atoms with Gasteiger partial charge in [-0.15, -0.1) is 4.41 Å². The van der Waals surface area contributed by atoms with Crippen LogP contribution in [-0.2, 0) is 9.59 Å². The molecule has 0 saturated heterocycles. The van der Waals surface area contributed by atoms with Crippen molar-refractivity contribution >= 4 is 40.9 Å². The zero-order chi connectivity index (χ0) is 18.2. The van der Waals surface area contributed by atoms with E-state index in [2.05, 4.69) is 10.7 Å². The average Bonchev–Trinajstić information content (AvgIpc) is 2.96. The fraction of sp³-hybridized carbons (Fsp3) is 0.444. The number of hydrazine groups is 1. The van der Waals surface area contributed by atoms with Crippen LogP contribution < -0.4 is 10.7 Å². The summed E-state index contributed by atoms with van der Waals surface area (Å²) in [7, 11) is 0. The molecule has 0 saturated carbocycles. The number of allylic oxidation sites excluding steroid dienone is 1. The van der Waals surface area contributed by atoms with Crippen LogP contribution in [0.2, 0.25) is 5.02 Å². The molecule has 0 aliphatic carbocycles. The molecule has 2 rings (SSSR count). The Bertz CT molecular complexity index is 651. The summed E-state index contributed by atoms with van der Waals surface area (Å²) in [5, 5.41) is 5.51. The molecular weight excluding hydrogens is 358 g/mol. The molecule has 136 valence electrons. The Morgan fingerprint density at radius 2 is 2.12 bits per heavy atom. The van der Waals surface area contributed by atoms with Gasteiger partial charge in [-0.3, -0.25) is 4.79 Å². The van der Waals surface area contributed by atoms with E-state index in [1.54, 1.807) is 19.1 Å². The second-order valence-electron chi connectivity index (χ2n) is 6.16. The van der Waals surface area contributed by atoms with Crippen LogP contribution in [0.3, 0.4) is 0 Å². The number of carbonyl (C=O) groups is 2. The van der Waals surface area contributed by atoms with Crippen molar-refractivity contribution in [2.24, 2.45) is 0 Å². The SMILES string of the molecule is CC(=O)CCCCC[C@@H](C(=O)Nc1cccc(Cl)c1)N1NC(C)=CS1. The van der Waals surface area contributed by atoms with Crippen LogP contribution in [-0.4, -0.2) is 22.1 Å². The second-order valence-corrected chi connectivity index (χ2v) is 7.44. The molecular formula is C18H24ClN3O2S. The van der Waals surface area contributed by atoms with E-state index >= 15 is 0 Å². The van der Waals surface area contributed by atoms with E-state index in [1.165, 1.54) is 11.9 Å². The predicted molar refractivity (Wildman–Crippen MR) is 104 cm³/mol. The Hall–Kier alpha value is -1.50. The smallest absolute Gasteiger partial charge is 0.244 e. The standard InChI is InChI=1S/C18H24ClN3O2S/c1-13-12-25-22(21-13)17(10-5-3-4-7-14(2)23)18(24)20-16-9-6-8-15(19)11-16/h6,8-9,11-12,17,21H,3-5,7,10H2,1-2H3,(H,20,24)/t17-/m0/s1. The first-order valence-corrected chi connectivity index (χ1v) is 9.62. The quantitative estimate of drug-likeness (QED) is 0.486. The Morgan fingerprint density at radius 3 is 2.76 bits per heavy atom. The average molecular weight is 382 g/mol. The topological polar surface area (TPSA) is 61.4 Å². The lowest BCUT2D eigenvalue weighted by Gasteiger charge is -2.26. The van der Waals surface area contributed by atoms with Crippen molar-refractivity contribution in [3.63, 3.8) is 0 Å². The highest BCUT2D eigenvalue weighted by Gasteiger charge is 2.28. The number of rotatable bonds is 9. The van der Waals surface area contributed by atoms with Gasteiger partial charge in [-0.25, -0.2) is 0 Å². The number of halogens is 1. The maximum Gasteiger partial charge on any atom is 0.244 e. The minimum Gasteiger partial charge on any atom is -0.325 e. The van der Waals surface area contributed by atoms with Crippen molar-refractivity contribution in [1.82, 2.24) is 9.84 Å².